The van der Waals surface area contributed by atoms with Crippen molar-refractivity contribution in [2.75, 3.05) is 5.49 Å². The lowest BCUT2D eigenvalue weighted by Crippen LogP contribution is -1.88. The van der Waals surface area contributed by atoms with E-state index in [1.165, 1.54) is 22.3 Å². The normalized spacial score (nSPS) is 10.7. The van der Waals surface area contributed by atoms with Crippen LogP contribution in [0.4, 0.5) is 0 Å². The van der Waals surface area contributed by atoms with Gasteiger partial charge >= 0.3 is 0 Å². The molecule has 0 N–H and O–H groups in total. The molecule has 0 aromatic heterocycles. The maximum atomic E-state index is 10.9. The predicted molar refractivity (Wildman–Crippen MR) is 95.6 cm³/mol. The molecule has 3 heteroatoms. The monoisotopic (exact) mass is 322 g/mol. The average Bonchev–Trinajstić information content (AvgIpc) is 2.61. The Morgan fingerprint density at radius 2 is 1.36 bits per heavy atom. The third-order valence-electron chi connectivity index (χ3n) is 3.45. The van der Waals surface area contributed by atoms with Crippen molar-refractivity contribution in [1.82, 2.24) is 0 Å². The Bertz CT molecular complexity index is 757. The Hall–Kier alpha value is -1.89. The standard InChI is InChI=1S/C19H15OPS/c20-21-14-22-18-13-7-12-17(15-8-3-1-4-9-15)19(18)16-10-5-2-6-11-16/h1-13H,14H2. The van der Waals surface area contributed by atoms with E-state index in [9.17, 15) is 4.57 Å². The van der Waals surface area contributed by atoms with Crippen LogP contribution in [0.3, 0.4) is 0 Å². The first kappa shape index (κ1) is 15.0. The van der Waals surface area contributed by atoms with Gasteiger partial charge in [-0.25, -0.2) is 0 Å². The van der Waals surface area contributed by atoms with Crippen LogP contribution in [0.1, 0.15) is 0 Å². The van der Waals surface area contributed by atoms with Crippen molar-refractivity contribution in [3.05, 3.63) is 78.9 Å². The van der Waals surface area contributed by atoms with Gasteiger partial charge in [0.15, 0.2) is 8.46 Å². The second kappa shape index (κ2) is 7.40. The van der Waals surface area contributed by atoms with Crippen LogP contribution < -0.4 is 0 Å². The Labute approximate surface area is 136 Å². The SMILES string of the molecule is O=PCSc1cccc(-c2ccccc2)c1-c1ccccc1. The van der Waals surface area contributed by atoms with Crippen molar-refractivity contribution in [2.24, 2.45) is 0 Å². The third-order valence-corrected chi connectivity index (χ3v) is 5.04. The zero-order chi connectivity index (χ0) is 15.2. The number of rotatable bonds is 5. The molecule has 0 saturated carbocycles. The molecule has 0 amide bonds. The van der Waals surface area contributed by atoms with E-state index in [2.05, 4.69) is 66.7 Å². The fraction of sp³-hybridized carbons (Fsp3) is 0.0526. The largest absolute Gasteiger partial charge is 0.274 e. The molecule has 3 aromatic carbocycles. The Balaban J connectivity index is 2.19. The fourth-order valence-corrected chi connectivity index (χ4v) is 3.82. The summed E-state index contributed by atoms with van der Waals surface area (Å²) in [6, 6.07) is 27.1. The minimum absolute atomic E-state index is 0.164. The summed E-state index contributed by atoms with van der Waals surface area (Å²) < 4.78 is 10.9. The van der Waals surface area contributed by atoms with Crippen LogP contribution in [0.15, 0.2) is 83.8 Å². The van der Waals surface area contributed by atoms with E-state index in [4.69, 9.17) is 0 Å². The third kappa shape index (κ3) is 3.30. The van der Waals surface area contributed by atoms with Gasteiger partial charge in [0.25, 0.3) is 0 Å². The lowest BCUT2D eigenvalue weighted by atomic mass is 9.94. The molecular formula is C19H15OPS. The van der Waals surface area contributed by atoms with Gasteiger partial charge in [-0.1, -0.05) is 72.8 Å². The number of hydrogen-bond donors (Lipinski definition) is 0. The summed E-state index contributed by atoms with van der Waals surface area (Å²) in [7, 11) is 0.164. The van der Waals surface area contributed by atoms with Gasteiger partial charge in [-0.05, 0) is 22.8 Å². The van der Waals surface area contributed by atoms with Crippen molar-refractivity contribution < 1.29 is 4.57 Å². The van der Waals surface area contributed by atoms with E-state index in [1.807, 2.05) is 12.1 Å². The Kier molecular flexibility index (Phi) is 5.05. The summed E-state index contributed by atoms with van der Waals surface area (Å²) in [5.41, 5.74) is 5.37. The molecule has 0 unspecified atom stereocenters. The molecule has 22 heavy (non-hydrogen) atoms. The van der Waals surface area contributed by atoms with Gasteiger partial charge in [-0.15, -0.1) is 11.8 Å². The van der Waals surface area contributed by atoms with Crippen LogP contribution in [0.5, 0.6) is 0 Å². The second-order valence-corrected chi connectivity index (χ2v) is 6.83. The molecular weight excluding hydrogens is 307 g/mol. The maximum Gasteiger partial charge on any atom is 0.166 e. The molecule has 0 bridgehead atoms. The summed E-state index contributed by atoms with van der Waals surface area (Å²) >= 11 is 1.63. The van der Waals surface area contributed by atoms with Crippen molar-refractivity contribution >= 4 is 20.2 Å². The van der Waals surface area contributed by atoms with Crippen molar-refractivity contribution in [1.29, 1.82) is 0 Å². The van der Waals surface area contributed by atoms with Crippen LogP contribution >= 0.6 is 20.2 Å². The zero-order valence-corrected chi connectivity index (χ0v) is 13.7. The van der Waals surface area contributed by atoms with Crippen LogP contribution in [0.25, 0.3) is 22.3 Å². The van der Waals surface area contributed by atoms with Crippen molar-refractivity contribution in [3.8, 4) is 22.3 Å². The van der Waals surface area contributed by atoms with Crippen LogP contribution in [0, 0.1) is 0 Å². The molecule has 0 aliphatic carbocycles. The molecule has 0 spiro atoms. The van der Waals surface area contributed by atoms with E-state index < -0.39 is 0 Å². The number of thioether (sulfide) groups is 1. The van der Waals surface area contributed by atoms with E-state index in [-0.39, 0.29) is 8.46 Å². The second-order valence-electron chi connectivity index (χ2n) is 4.81. The molecule has 0 radical (unpaired) electrons. The smallest absolute Gasteiger partial charge is 0.166 e. The molecule has 108 valence electrons. The predicted octanol–water partition coefficient (Wildman–Crippen LogP) is 6.36. The molecule has 3 rings (SSSR count). The van der Waals surface area contributed by atoms with Gasteiger partial charge < -0.3 is 0 Å². The highest BCUT2D eigenvalue weighted by atomic mass is 32.2. The average molecular weight is 322 g/mol. The van der Waals surface area contributed by atoms with Crippen molar-refractivity contribution in [3.63, 3.8) is 0 Å². The lowest BCUT2D eigenvalue weighted by Gasteiger charge is -2.14. The first-order valence-electron chi connectivity index (χ1n) is 7.06. The molecule has 0 fully saturated rings. The van der Waals surface area contributed by atoms with Crippen LogP contribution in [-0.4, -0.2) is 5.49 Å². The van der Waals surface area contributed by atoms with Crippen molar-refractivity contribution in [2.45, 2.75) is 4.90 Å². The number of hydrogen-bond acceptors (Lipinski definition) is 2. The van der Waals surface area contributed by atoms with Crippen LogP contribution in [0.2, 0.25) is 0 Å². The van der Waals surface area contributed by atoms with E-state index in [1.54, 1.807) is 11.8 Å². The van der Waals surface area contributed by atoms with Gasteiger partial charge in [0, 0.05) is 10.5 Å². The quantitative estimate of drug-likeness (QED) is 0.401. The lowest BCUT2D eigenvalue weighted by molar-refractivity contribution is 0.601. The molecule has 3 aromatic rings. The number of benzene rings is 3. The van der Waals surface area contributed by atoms with Gasteiger partial charge in [0.05, 0.1) is 5.49 Å². The Morgan fingerprint density at radius 3 is 2.00 bits per heavy atom. The highest BCUT2D eigenvalue weighted by Crippen LogP contribution is 2.40. The van der Waals surface area contributed by atoms with Gasteiger partial charge in [-0.3, -0.25) is 4.57 Å². The minimum atomic E-state index is 0.164. The summed E-state index contributed by atoms with van der Waals surface area (Å²) in [5, 5.41) is 0. The minimum Gasteiger partial charge on any atom is -0.274 e. The zero-order valence-electron chi connectivity index (χ0n) is 12.0. The first-order valence-corrected chi connectivity index (χ1v) is 9.04. The Morgan fingerprint density at radius 1 is 0.727 bits per heavy atom. The molecule has 0 heterocycles. The fourth-order valence-electron chi connectivity index (χ4n) is 2.51. The summed E-state index contributed by atoms with van der Waals surface area (Å²) in [6.45, 7) is 0. The van der Waals surface area contributed by atoms with E-state index in [0.717, 1.165) is 4.90 Å². The van der Waals surface area contributed by atoms with Gasteiger partial charge in [0.2, 0.25) is 0 Å². The van der Waals surface area contributed by atoms with Gasteiger partial charge in [-0.2, -0.15) is 0 Å². The molecule has 0 saturated heterocycles. The first-order chi connectivity index (χ1) is 10.9. The molecule has 0 atom stereocenters. The molecule has 1 nitrogen and oxygen atoms in total. The summed E-state index contributed by atoms with van der Waals surface area (Å²) in [6.07, 6.45) is 0. The topological polar surface area (TPSA) is 17.1 Å². The van der Waals surface area contributed by atoms with Crippen LogP contribution in [-0.2, 0) is 4.57 Å². The highest BCUT2D eigenvalue weighted by Gasteiger charge is 2.12. The maximum absolute atomic E-state index is 10.9. The van der Waals surface area contributed by atoms with E-state index >= 15 is 0 Å². The summed E-state index contributed by atoms with van der Waals surface area (Å²) in [4.78, 5) is 1.16. The molecule has 0 aliphatic heterocycles. The van der Waals surface area contributed by atoms with E-state index in [0.29, 0.717) is 5.49 Å². The molecule has 0 aliphatic rings. The van der Waals surface area contributed by atoms with Gasteiger partial charge in [0.1, 0.15) is 0 Å². The summed E-state index contributed by atoms with van der Waals surface area (Å²) in [5.74, 6) is 0. The highest BCUT2D eigenvalue weighted by molar-refractivity contribution is 8.02.